The Labute approximate surface area is 140 Å². The minimum atomic E-state index is 0.161. The molecule has 112 valence electrons. The molecule has 0 unspecified atom stereocenters. The summed E-state index contributed by atoms with van der Waals surface area (Å²) in [5.41, 5.74) is 2.83. The third kappa shape index (κ3) is 6.25. The zero-order valence-electron chi connectivity index (χ0n) is 12.8. The van der Waals surface area contributed by atoms with E-state index < -0.39 is 0 Å². The zero-order chi connectivity index (χ0) is 15.3. The van der Waals surface area contributed by atoms with Crippen LogP contribution in [-0.4, -0.2) is 5.54 Å². The number of nitrogens with one attached hydrogen (secondary N) is 1. The number of halogens is 1. The summed E-state index contributed by atoms with van der Waals surface area (Å²) in [6.07, 6.45) is 0. The maximum atomic E-state index is 3.51. The van der Waals surface area contributed by atoms with Gasteiger partial charge in [-0.15, -0.1) is 11.8 Å². The molecule has 1 nitrogen and oxygen atoms in total. The van der Waals surface area contributed by atoms with Gasteiger partial charge in [-0.2, -0.15) is 0 Å². The Balaban J connectivity index is 1.87. The molecule has 1 N–H and O–H groups in total. The predicted molar refractivity (Wildman–Crippen MR) is 96.7 cm³/mol. The van der Waals surface area contributed by atoms with Gasteiger partial charge in [-0.3, -0.25) is 0 Å². The van der Waals surface area contributed by atoms with Crippen LogP contribution in [0.3, 0.4) is 0 Å². The highest BCUT2D eigenvalue weighted by molar-refractivity contribution is 9.10. The molecule has 21 heavy (non-hydrogen) atoms. The van der Waals surface area contributed by atoms with Crippen molar-refractivity contribution in [1.29, 1.82) is 0 Å². The highest BCUT2D eigenvalue weighted by Crippen LogP contribution is 2.24. The minimum absolute atomic E-state index is 0.161. The van der Waals surface area contributed by atoms with E-state index >= 15 is 0 Å². The van der Waals surface area contributed by atoms with Crippen LogP contribution in [0.2, 0.25) is 0 Å². The van der Waals surface area contributed by atoms with E-state index in [9.17, 15) is 0 Å². The molecule has 0 atom stereocenters. The van der Waals surface area contributed by atoms with Crippen LogP contribution in [0.15, 0.2) is 57.9 Å². The summed E-state index contributed by atoms with van der Waals surface area (Å²) < 4.78 is 1.14. The fraction of sp³-hybridized carbons (Fsp3) is 0.333. The van der Waals surface area contributed by atoms with Crippen LogP contribution in [0.5, 0.6) is 0 Å². The monoisotopic (exact) mass is 363 g/mol. The predicted octanol–water partition coefficient (Wildman–Crippen LogP) is 5.63. The Morgan fingerprint density at radius 2 is 1.71 bits per heavy atom. The lowest BCUT2D eigenvalue weighted by atomic mass is 10.1. The average molecular weight is 364 g/mol. The molecule has 2 rings (SSSR count). The van der Waals surface area contributed by atoms with Gasteiger partial charge in [0.25, 0.3) is 0 Å². The van der Waals surface area contributed by atoms with E-state index in [0.29, 0.717) is 0 Å². The Bertz CT molecular complexity index is 573. The van der Waals surface area contributed by atoms with Gasteiger partial charge in [0.2, 0.25) is 0 Å². The topological polar surface area (TPSA) is 12.0 Å². The van der Waals surface area contributed by atoms with E-state index in [-0.39, 0.29) is 5.54 Å². The van der Waals surface area contributed by atoms with Gasteiger partial charge in [-0.25, -0.2) is 0 Å². The van der Waals surface area contributed by atoms with Crippen molar-refractivity contribution in [3.8, 4) is 0 Å². The van der Waals surface area contributed by atoms with Gasteiger partial charge in [-0.1, -0.05) is 40.2 Å². The first-order valence-electron chi connectivity index (χ1n) is 7.14. The van der Waals surface area contributed by atoms with Crippen LogP contribution in [-0.2, 0) is 12.3 Å². The number of hydrogen-bond donors (Lipinski definition) is 1. The van der Waals surface area contributed by atoms with Gasteiger partial charge in [0.1, 0.15) is 0 Å². The maximum absolute atomic E-state index is 3.51. The van der Waals surface area contributed by atoms with Crippen LogP contribution in [0, 0.1) is 0 Å². The summed E-state index contributed by atoms with van der Waals surface area (Å²) >= 11 is 5.39. The van der Waals surface area contributed by atoms with E-state index in [1.165, 1.54) is 16.0 Å². The van der Waals surface area contributed by atoms with Crippen LogP contribution >= 0.6 is 27.7 Å². The Morgan fingerprint density at radius 3 is 2.33 bits per heavy atom. The molecule has 2 aromatic rings. The molecule has 0 aliphatic heterocycles. The fourth-order valence-electron chi connectivity index (χ4n) is 1.86. The first kappa shape index (κ1) is 16.6. The van der Waals surface area contributed by atoms with E-state index in [2.05, 4.69) is 90.5 Å². The lowest BCUT2D eigenvalue weighted by molar-refractivity contribution is 0.424. The van der Waals surface area contributed by atoms with Crippen molar-refractivity contribution in [3.63, 3.8) is 0 Å². The second kappa shape index (κ2) is 7.48. The molecular weight excluding hydrogens is 342 g/mol. The standard InChI is InChI=1S/C18H22BrNS/c1-18(2,3)20-12-14-7-9-17(10-8-14)21-13-15-5-4-6-16(19)11-15/h4-11,20H,12-13H2,1-3H3. The summed E-state index contributed by atoms with van der Waals surface area (Å²) in [4.78, 5) is 1.31. The second-order valence-electron chi connectivity index (χ2n) is 6.17. The summed E-state index contributed by atoms with van der Waals surface area (Å²) in [6.45, 7) is 7.49. The Hall–Kier alpha value is -0.770. The summed E-state index contributed by atoms with van der Waals surface area (Å²) in [5.74, 6) is 0.999. The molecule has 0 saturated heterocycles. The van der Waals surface area contributed by atoms with Gasteiger partial charge >= 0.3 is 0 Å². The first-order valence-corrected chi connectivity index (χ1v) is 8.91. The van der Waals surface area contributed by atoms with E-state index in [4.69, 9.17) is 0 Å². The SMILES string of the molecule is CC(C)(C)NCc1ccc(SCc2cccc(Br)c2)cc1. The highest BCUT2D eigenvalue weighted by Gasteiger charge is 2.08. The first-order chi connectivity index (χ1) is 9.92. The molecule has 0 radical (unpaired) electrons. The molecule has 0 aliphatic carbocycles. The Kier molecular flexibility index (Phi) is 5.91. The summed E-state index contributed by atoms with van der Waals surface area (Å²) in [5, 5.41) is 3.51. The normalized spacial score (nSPS) is 11.6. The summed E-state index contributed by atoms with van der Waals surface area (Å²) in [6, 6.07) is 17.3. The van der Waals surface area contributed by atoms with Crippen LogP contribution < -0.4 is 5.32 Å². The zero-order valence-corrected chi connectivity index (χ0v) is 15.2. The highest BCUT2D eigenvalue weighted by atomic mass is 79.9. The number of thioether (sulfide) groups is 1. The van der Waals surface area contributed by atoms with Gasteiger partial charge in [0, 0.05) is 27.2 Å². The molecule has 0 aromatic heterocycles. The van der Waals surface area contributed by atoms with Crippen LogP contribution in [0.25, 0.3) is 0 Å². The van der Waals surface area contributed by atoms with Crippen molar-refractivity contribution >= 4 is 27.7 Å². The molecule has 0 spiro atoms. The third-order valence-electron chi connectivity index (χ3n) is 3.04. The van der Waals surface area contributed by atoms with Gasteiger partial charge in [0.05, 0.1) is 0 Å². The number of hydrogen-bond acceptors (Lipinski definition) is 2. The van der Waals surface area contributed by atoms with Gasteiger partial charge < -0.3 is 5.32 Å². The van der Waals surface area contributed by atoms with Gasteiger partial charge in [0.15, 0.2) is 0 Å². The average Bonchev–Trinajstić information content (AvgIpc) is 2.43. The summed E-state index contributed by atoms with van der Waals surface area (Å²) in [7, 11) is 0. The third-order valence-corrected chi connectivity index (χ3v) is 4.62. The quantitative estimate of drug-likeness (QED) is 0.690. The molecular formula is C18H22BrNS. The van der Waals surface area contributed by atoms with Crippen molar-refractivity contribution in [2.75, 3.05) is 0 Å². The molecule has 0 amide bonds. The molecule has 0 bridgehead atoms. The minimum Gasteiger partial charge on any atom is -0.308 e. The Morgan fingerprint density at radius 1 is 1.00 bits per heavy atom. The van der Waals surface area contributed by atoms with Gasteiger partial charge in [-0.05, 0) is 56.2 Å². The number of benzene rings is 2. The molecule has 2 aromatic carbocycles. The van der Waals surface area contributed by atoms with Crippen molar-refractivity contribution in [1.82, 2.24) is 5.32 Å². The smallest absolute Gasteiger partial charge is 0.0232 e. The molecule has 3 heteroatoms. The largest absolute Gasteiger partial charge is 0.308 e. The molecule has 0 saturated carbocycles. The molecule has 0 aliphatic rings. The number of rotatable bonds is 5. The van der Waals surface area contributed by atoms with E-state index in [1.807, 2.05) is 11.8 Å². The van der Waals surface area contributed by atoms with Crippen molar-refractivity contribution < 1.29 is 0 Å². The van der Waals surface area contributed by atoms with Crippen molar-refractivity contribution in [2.45, 2.75) is 43.5 Å². The van der Waals surface area contributed by atoms with E-state index in [0.717, 1.165) is 16.8 Å². The van der Waals surface area contributed by atoms with Crippen molar-refractivity contribution in [3.05, 3.63) is 64.1 Å². The maximum Gasteiger partial charge on any atom is 0.0232 e. The molecule has 0 fully saturated rings. The fourth-order valence-corrected chi connectivity index (χ4v) is 3.15. The molecule has 0 heterocycles. The van der Waals surface area contributed by atoms with Crippen LogP contribution in [0.1, 0.15) is 31.9 Å². The van der Waals surface area contributed by atoms with Crippen molar-refractivity contribution in [2.24, 2.45) is 0 Å². The van der Waals surface area contributed by atoms with E-state index in [1.54, 1.807) is 0 Å². The lowest BCUT2D eigenvalue weighted by Crippen LogP contribution is -2.35. The second-order valence-corrected chi connectivity index (χ2v) is 8.13. The van der Waals surface area contributed by atoms with Crippen LogP contribution in [0.4, 0.5) is 0 Å². The lowest BCUT2D eigenvalue weighted by Gasteiger charge is -2.20.